The molecule has 0 radical (unpaired) electrons. The minimum Gasteiger partial charge on any atom is -0.369 e. The van der Waals surface area contributed by atoms with Crippen molar-refractivity contribution in [1.29, 1.82) is 0 Å². The van der Waals surface area contributed by atoms with Gasteiger partial charge in [0.25, 0.3) is 0 Å². The number of aromatic nitrogens is 2. The van der Waals surface area contributed by atoms with E-state index in [1.165, 1.54) is 5.69 Å². The predicted octanol–water partition coefficient (Wildman–Crippen LogP) is 2.76. The quantitative estimate of drug-likeness (QED) is 0.794. The molecule has 24 heavy (non-hydrogen) atoms. The topological polar surface area (TPSA) is 63.6 Å². The Hall–Kier alpha value is -2.18. The van der Waals surface area contributed by atoms with Crippen LogP contribution in [0.3, 0.4) is 0 Å². The van der Waals surface area contributed by atoms with Gasteiger partial charge in [0.2, 0.25) is 5.91 Å². The molecule has 1 aliphatic rings. The zero-order valence-electron chi connectivity index (χ0n) is 13.4. The van der Waals surface area contributed by atoms with Gasteiger partial charge in [-0.1, -0.05) is 30.3 Å². The van der Waals surface area contributed by atoms with Gasteiger partial charge in [0.15, 0.2) is 4.96 Å². The lowest BCUT2D eigenvalue weighted by Crippen LogP contribution is -2.40. The van der Waals surface area contributed by atoms with Crippen molar-refractivity contribution in [2.45, 2.75) is 19.4 Å². The van der Waals surface area contributed by atoms with Crippen LogP contribution < -0.4 is 5.73 Å². The molecule has 0 saturated carbocycles. The molecular formula is C18H20N4OS. The van der Waals surface area contributed by atoms with Crippen molar-refractivity contribution >= 4 is 22.2 Å². The lowest BCUT2D eigenvalue weighted by atomic mass is 9.97. The molecule has 0 spiro atoms. The Labute approximate surface area is 144 Å². The summed E-state index contributed by atoms with van der Waals surface area (Å²) in [6, 6.07) is 10.3. The largest absolute Gasteiger partial charge is 0.369 e. The van der Waals surface area contributed by atoms with Crippen LogP contribution in [0.4, 0.5) is 0 Å². The third-order valence-electron chi connectivity index (χ3n) is 4.69. The van der Waals surface area contributed by atoms with Crippen LogP contribution in [0.5, 0.6) is 0 Å². The van der Waals surface area contributed by atoms with Gasteiger partial charge in [0.05, 0.1) is 17.3 Å². The summed E-state index contributed by atoms with van der Waals surface area (Å²) in [4.78, 5) is 19.7. The number of thiazole rings is 1. The molecule has 6 heteroatoms. The van der Waals surface area contributed by atoms with Crippen LogP contribution in [0.15, 0.2) is 41.9 Å². The van der Waals surface area contributed by atoms with Crippen LogP contribution in [0.1, 0.15) is 18.5 Å². The van der Waals surface area contributed by atoms with Gasteiger partial charge in [0, 0.05) is 30.2 Å². The number of amides is 1. The molecule has 3 aromatic rings. The zero-order chi connectivity index (χ0) is 16.5. The third kappa shape index (κ3) is 2.83. The zero-order valence-corrected chi connectivity index (χ0v) is 14.2. The Bertz CT molecular complexity index is 854. The third-order valence-corrected chi connectivity index (χ3v) is 5.45. The number of nitrogens with zero attached hydrogens (tertiary/aromatic N) is 3. The molecule has 1 aromatic carbocycles. The fraction of sp³-hybridized carbons (Fsp3) is 0.333. The highest BCUT2D eigenvalue weighted by atomic mass is 32.1. The van der Waals surface area contributed by atoms with Gasteiger partial charge < -0.3 is 5.73 Å². The Balaban J connectivity index is 1.68. The fourth-order valence-corrected chi connectivity index (χ4v) is 4.19. The monoisotopic (exact) mass is 340 g/mol. The molecule has 1 atom stereocenters. The summed E-state index contributed by atoms with van der Waals surface area (Å²) < 4.78 is 2.17. The van der Waals surface area contributed by atoms with E-state index in [0.717, 1.165) is 48.7 Å². The van der Waals surface area contributed by atoms with Crippen molar-refractivity contribution in [1.82, 2.24) is 14.3 Å². The summed E-state index contributed by atoms with van der Waals surface area (Å²) in [5.74, 6) is -0.221. The fourth-order valence-electron chi connectivity index (χ4n) is 3.45. The second-order valence-electron chi connectivity index (χ2n) is 6.31. The molecule has 0 bridgehead atoms. The molecule has 2 aromatic heterocycles. The number of benzene rings is 1. The summed E-state index contributed by atoms with van der Waals surface area (Å²) in [7, 11) is 0. The average Bonchev–Trinajstić information content (AvgIpc) is 3.19. The van der Waals surface area contributed by atoms with Gasteiger partial charge in [-0.15, -0.1) is 11.3 Å². The average molecular weight is 340 g/mol. The van der Waals surface area contributed by atoms with E-state index < -0.39 is 0 Å². The van der Waals surface area contributed by atoms with E-state index >= 15 is 0 Å². The normalized spacial score (nSPS) is 18.9. The highest BCUT2D eigenvalue weighted by Crippen LogP contribution is 2.28. The Kier molecular flexibility index (Phi) is 4.08. The van der Waals surface area contributed by atoms with Crippen LogP contribution in [-0.4, -0.2) is 33.3 Å². The molecule has 3 heterocycles. The number of primary amides is 1. The highest BCUT2D eigenvalue weighted by molar-refractivity contribution is 7.15. The van der Waals surface area contributed by atoms with Gasteiger partial charge in [0.1, 0.15) is 0 Å². The van der Waals surface area contributed by atoms with Crippen LogP contribution in [-0.2, 0) is 11.3 Å². The molecule has 2 N–H and O–H groups in total. The summed E-state index contributed by atoms with van der Waals surface area (Å²) in [6.45, 7) is 2.52. The maximum Gasteiger partial charge on any atom is 0.221 e. The van der Waals surface area contributed by atoms with Gasteiger partial charge in [-0.05, 0) is 19.4 Å². The minimum absolute atomic E-state index is 0.0372. The van der Waals surface area contributed by atoms with E-state index in [1.54, 1.807) is 11.3 Å². The summed E-state index contributed by atoms with van der Waals surface area (Å²) in [5.41, 5.74) is 8.86. The van der Waals surface area contributed by atoms with Crippen molar-refractivity contribution in [3.63, 3.8) is 0 Å². The number of carbonyl (C=O) groups is 1. The molecule has 124 valence electrons. The maximum atomic E-state index is 11.5. The van der Waals surface area contributed by atoms with Gasteiger partial charge >= 0.3 is 0 Å². The number of fused-ring (bicyclic) bond motifs is 1. The van der Waals surface area contributed by atoms with Crippen molar-refractivity contribution < 1.29 is 4.79 Å². The number of rotatable bonds is 4. The van der Waals surface area contributed by atoms with Gasteiger partial charge in [-0.25, -0.2) is 4.98 Å². The first-order valence-electron chi connectivity index (χ1n) is 8.24. The molecule has 1 aliphatic heterocycles. The van der Waals surface area contributed by atoms with Crippen LogP contribution in [0.2, 0.25) is 0 Å². The van der Waals surface area contributed by atoms with E-state index in [0.29, 0.717) is 0 Å². The lowest BCUT2D eigenvalue weighted by molar-refractivity contribution is -0.123. The maximum absolute atomic E-state index is 11.5. The van der Waals surface area contributed by atoms with Crippen molar-refractivity contribution in [3.8, 4) is 11.3 Å². The lowest BCUT2D eigenvalue weighted by Gasteiger charge is -2.31. The van der Waals surface area contributed by atoms with E-state index in [2.05, 4.69) is 33.0 Å². The van der Waals surface area contributed by atoms with Crippen LogP contribution >= 0.6 is 11.3 Å². The molecule has 1 amide bonds. The Morgan fingerprint density at radius 2 is 2.17 bits per heavy atom. The molecule has 5 nitrogen and oxygen atoms in total. The smallest absolute Gasteiger partial charge is 0.221 e. The SMILES string of the molecule is NC(=O)[C@H]1CCCN(Cc2c(-c3ccccc3)nc3sccn23)C1. The predicted molar refractivity (Wildman–Crippen MR) is 95.7 cm³/mol. The molecule has 1 fully saturated rings. The van der Waals surface area contributed by atoms with Crippen molar-refractivity contribution in [2.24, 2.45) is 11.7 Å². The second kappa shape index (κ2) is 6.37. The van der Waals surface area contributed by atoms with E-state index in [9.17, 15) is 4.79 Å². The van der Waals surface area contributed by atoms with E-state index in [4.69, 9.17) is 10.7 Å². The minimum atomic E-state index is -0.183. The van der Waals surface area contributed by atoms with E-state index in [1.807, 2.05) is 18.2 Å². The molecule has 0 unspecified atom stereocenters. The van der Waals surface area contributed by atoms with Gasteiger partial charge in [-0.2, -0.15) is 0 Å². The number of nitrogens with two attached hydrogens (primary N) is 1. The number of piperidine rings is 1. The van der Waals surface area contributed by atoms with Gasteiger partial charge in [-0.3, -0.25) is 14.1 Å². The number of hydrogen-bond donors (Lipinski definition) is 1. The molecular weight excluding hydrogens is 320 g/mol. The Morgan fingerprint density at radius 1 is 1.33 bits per heavy atom. The molecule has 1 saturated heterocycles. The summed E-state index contributed by atoms with van der Waals surface area (Å²) >= 11 is 1.64. The van der Waals surface area contributed by atoms with Crippen LogP contribution in [0, 0.1) is 5.92 Å². The van der Waals surface area contributed by atoms with Crippen molar-refractivity contribution in [3.05, 3.63) is 47.6 Å². The number of imidazole rings is 1. The number of carbonyl (C=O) groups excluding carboxylic acids is 1. The first-order chi connectivity index (χ1) is 11.7. The highest BCUT2D eigenvalue weighted by Gasteiger charge is 2.26. The second-order valence-corrected chi connectivity index (χ2v) is 7.18. The number of likely N-dealkylation sites (tertiary alicyclic amines) is 1. The first-order valence-corrected chi connectivity index (χ1v) is 9.12. The Morgan fingerprint density at radius 3 is 2.96 bits per heavy atom. The summed E-state index contributed by atoms with van der Waals surface area (Å²) in [5, 5.41) is 2.06. The summed E-state index contributed by atoms with van der Waals surface area (Å²) in [6.07, 6.45) is 3.99. The molecule has 4 rings (SSSR count). The van der Waals surface area contributed by atoms with E-state index in [-0.39, 0.29) is 11.8 Å². The molecule has 0 aliphatic carbocycles. The first kappa shape index (κ1) is 15.4. The van der Waals surface area contributed by atoms with Crippen molar-refractivity contribution in [2.75, 3.05) is 13.1 Å². The van der Waals surface area contributed by atoms with Crippen LogP contribution in [0.25, 0.3) is 16.2 Å². The standard InChI is InChI=1S/C18H20N4OS/c19-17(23)14-7-4-8-21(11-14)12-15-16(13-5-2-1-3-6-13)20-18-22(15)9-10-24-18/h1-3,5-6,9-10,14H,4,7-8,11-12H2,(H2,19,23)/t14-/m0/s1. The number of hydrogen-bond acceptors (Lipinski definition) is 4.